The molecule has 0 atom stereocenters. The van der Waals surface area contributed by atoms with Crippen LogP contribution in [0.2, 0.25) is 5.02 Å². The van der Waals surface area contributed by atoms with Crippen LogP contribution in [0.5, 0.6) is 5.75 Å². The molecule has 0 bridgehead atoms. The number of nitriles is 1. The summed E-state index contributed by atoms with van der Waals surface area (Å²) < 4.78 is 23.5. The van der Waals surface area contributed by atoms with E-state index in [1.54, 1.807) is 30.3 Å². The number of hydrogen-bond acceptors (Lipinski definition) is 5. The van der Waals surface area contributed by atoms with E-state index in [-0.39, 0.29) is 23.0 Å². The zero-order chi connectivity index (χ0) is 23.8. The van der Waals surface area contributed by atoms with Crippen LogP contribution in [0.25, 0.3) is 6.08 Å². The Kier molecular flexibility index (Phi) is 7.79. The molecule has 0 aliphatic rings. The van der Waals surface area contributed by atoms with Crippen LogP contribution in [0.4, 0.5) is 10.1 Å². The highest BCUT2D eigenvalue weighted by Crippen LogP contribution is 2.27. The molecule has 3 rings (SSSR count). The number of hydrogen-bond donors (Lipinski definition) is 1. The van der Waals surface area contributed by atoms with Crippen molar-refractivity contribution in [3.63, 3.8) is 0 Å². The third kappa shape index (κ3) is 6.42. The predicted molar refractivity (Wildman–Crippen MR) is 122 cm³/mol. The van der Waals surface area contributed by atoms with Crippen LogP contribution in [0, 0.1) is 17.1 Å². The Bertz CT molecular complexity index is 1250. The quantitative estimate of drug-likeness (QED) is 0.287. The van der Waals surface area contributed by atoms with Gasteiger partial charge in [0.1, 0.15) is 29.8 Å². The van der Waals surface area contributed by atoms with Crippen LogP contribution < -0.4 is 10.1 Å². The molecule has 33 heavy (non-hydrogen) atoms. The summed E-state index contributed by atoms with van der Waals surface area (Å²) in [4.78, 5) is 24.0. The summed E-state index contributed by atoms with van der Waals surface area (Å²) in [6.45, 7) is 0.132. The summed E-state index contributed by atoms with van der Waals surface area (Å²) in [5.74, 6) is -1.09. The van der Waals surface area contributed by atoms with Crippen molar-refractivity contribution in [1.29, 1.82) is 5.26 Å². The lowest BCUT2D eigenvalue weighted by Gasteiger charge is -2.09. The Morgan fingerprint density at radius 2 is 1.88 bits per heavy atom. The second kappa shape index (κ2) is 10.9. The standard InChI is InChI=1S/C25H18ClFN2O4/c1-32-25(31)18-6-8-21(9-7-18)29-24(30)19(14-28)11-16-5-10-23(22(26)13-16)33-15-17-3-2-4-20(27)12-17/h2-13H,15H2,1H3,(H,29,30)/b19-11+. The van der Waals surface area contributed by atoms with Crippen LogP contribution in [0.15, 0.2) is 72.3 Å². The molecule has 0 saturated carbocycles. The molecule has 0 aromatic heterocycles. The van der Waals surface area contributed by atoms with Gasteiger partial charge in [-0.2, -0.15) is 5.26 Å². The number of benzene rings is 3. The van der Waals surface area contributed by atoms with E-state index in [0.717, 1.165) is 0 Å². The summed E-state index contributed by atoms with van der Waals surface area (Å²) in [6.07, 6.45) is 1.39. The van der Waals surface area contributed by atoms with Gasteiger partial charge < -0.3 is 14.8 Å². The number of methoxy groups -OCH3 is 1. The van der Waals surface area contributed by atoms with Crippen molar-refractivity contribution in [2.24, 2.45) is 0 Å². The van der Waals surface area contributed by atoms with Crippen molar-refractivity contribution in [1.82, 2.24) is 0 Å². The lowest BCUT2D eigenvalue weighted by atomic mass is 10.1. The Morgan fingerprint density at radius 1 is 1.12 bits per heavy atom. The number of ether oxygens (including phenoxy) is 2. The summed E-state index contributed by atoms with van der Waals surface area (Å²) in [6, 6.07) is 18.7. The highest BCUT2D eigenvalue weighted by atomic mass is 35.5. The number of nitrogens with one attached hydrogen (secondary N) is 1. The van der Waals surface area contributed by atoms with E-state index in [9.17, 15) is 19.2 Å². The van der Waals surface area contributed by atoms with E-state index in [0.29, 0.717) is 28.1 Å². The Hall–Kier alpha value is -4.15. The van der Waals surface area contributed by atoms with E-state index in [2.05, 4.69) is 10.1 Å². The molecule has 0 heterocycles. The van der Waals surface area contributed by atoms with Crippen LogP contribution in [-0.2, 0) is 16.1 Å². The van der Waals surface area contributed by atoms with Crippen molar-refractivity contribution >= 4 is 35.2 Å². The minimum atomic E-state index is -0.620. The van der Waals surface area contributed by atoms with E-state index >= 15 is 0 Å². The summed E-state index contributed by atoms with van der Waals surface area (Å²) in [7, 11) is 1.28. The third-order valence-corrected chi connectivity index (χ3v) is 4.77. The summed E-state index contributed by atoms with van der Waals surface area (Å²) in [5.41, 5.74) is 1.77. The first-order valence-corrected chi connectivity index (χ1v) is 10.1. The second-order valence-electron chi connectivity index (χ2n) is 6.80. The van der Waals surface area contributed by atoms with Gasteiger partial charge >= 0.3 is 5.97 Å². The van der Waals surface area contributed by atoms with Crippen LogP contribution >= 0.6 is 11.6 Å². The molecule has 3 aromatic carbocycles. The van der Waals surface area contributed by atoms with Gasteiger partial charge in [-0.25, -0.2) is 9.18 Å². The highest BCUT2D eigenvalue weighted by Gasteiger charge is 2.12. The fraction of sp³-hybridized carbons (Fsp3) is 0.0800. The largest absolute Gasteiger partial charge is 0.487 e. The first-order chi connectivity index (χ1) is 15.9. The van der Waals surface area contributed by atoms with Gasteiger partial charge in [0.2, 0.25) is 0 Å². The Labute approximate surface area is 194 Å². The van der Waals surface area contributed by atoms with Gasteiger partial charge in [-0.1, -0.05) is 29.8 Å². The molecule has 0 unspecified atom stereocenters. The van der Waals surface area contributed by atoms with E-state index < -0.39 is 11.9 Å². The molecule has 0 aliphatic heterocycles. The maximum atomic E-state index is 13.3. The molecule has 1 amide bonds. The lowest BCUT2D eigenvalue weighted by molar-refractivity contribution is -0.112. The van der Waals surface area contributed by atoms with E-state index in [1.807, 2.05) is 6.07 Å². The molecule has 6 nitrogen and oxygen atoms in total. The molecule has 8 heteroatoms. The third-order valence-electron chi connectivity index (χ3n) is 4.48. The van der Waals surface area contributed by atoms with Crippen LogP contribution in [0.1, 0.15) is 21.5 Å². The molecule has 3 aromatic rings. The Morgan fingerprint density at radius 3 is 2.52 bits per heavy atom. The number of esters is 1. The van der Waals surface area contributed by atoms with Crippen molar-refractivity contribution < 1.29 is 23.5 Å². The van der Waals surface area contributed by atoms with E-state index in [1.165, 1.54) is 49.6 Å². The monoisotopic (exact) mass is 464 g/mol. The number of anilines is 1. The number of amides is 1. The molecule has 0 radical (unpaired) electrons. The minimum Gasteiger partial charge on any atom is -0.487 e. The average molecular weight is 465 g/mol. The smallest absolute Gasteiger partial charge is 0.337 e. The van der Waals surface area contributed by atoms with Gasteiger partial charge in [0.05, 0.1) is 17.7 Å². The fourth-order valence-electron chi connectivity index (χ4n) is 2.83. The van der Waals surface area contributed by atoms with Gasteiger partial charge in [0, 0.05) is 5.69 Å². The zero-order valence-electron chi connectivity index (χ0n) is 17.5. The molecule has 1 N–H and O–H groups in total. The molecule has 0 aliphatic carbocycles. The topological polar surface area (TPSA) is 88.4 Å². The van der Waals surface area contributed by atoms with Crippen molar-refractivity contribution in [2.45, 2.75) is 6.61 Å². The summed E-state index contributed by atoms with van der Waals surface area (Å²) in [5, 5.41) is 12.3. The number of rotatable bonds is 7. The van der Waals surface area contributed by atoms with Gasteiger partial charge in [-0.05, 0) is 65.7 Å². The molecule has 0 spiro atoms. The normalized spacial score (nSPS) is 10.8. The molecular formula is C25H18ClFN2O4. The predicted octanol–water partition coefficient (Wildman–Crippen LogP) is 5.39. The minimum absolute atomic E-state index is 0.132. The van der Waals surface area contributed by atoms with Crippen molar-refractivity contribution in [3.8, 4) is 11.8 Å². The first-order valence-electron chi connectivity index (χ1n) is 9.68. The van der Waals surface area contributed by atoms with Crippen LogP contribution in [0.3, 0.4) is 0 Å². The van der Waals surface area contributed by atoms with Crippen molar-refractivity contribution in [3.05, 3.63) is 99.8 Å². The second-order valence-corrected chi connectivity index (χ2v) is 7.21. The lowest BCUT2D eigenvalue weighted by Crippen LogP contribution is -2.13. The number of halogens is 2. The highest BCUT2D eigenvalue weighted by molar-refractivity contribution is 6.32. The number of carbonyl (C=O) groups is 2. The van der Waals surface area contributed by atoms with Gasteiger partial charge in [0.15, 0.2) is 0 Å². The van der Waals surface area contributed by atoms with Gasteiger partial charge in [-0.3, -0.25) is 4.79 Å². The first kappa shape index (κ1) is 23.5. The van der Waals surface area contributed by atoms with Crippen molar-refractivity contribution in [2.75, 3.05) is 12.4 Å². The maximum absolute atomic E-state index is 13.3. The average Bonchev–Trinajstić information content (AvgIpc) is 2.82. The van der Waals surface area contributed by atoms with Crippen LogP contribution in [-0.4, -0.2) is 19.0 Å². The SMILES string of the molecule is COC(=O)c1ccc(NC(=O)/C(C#N)=C/c2ccc(OCc3cccc(F)c3)c(Cl)c2)cc1. The maximum Gasteiger partial charge on any atom is 0.337 e. The fourth-order valence-corrected chi connectivity index (χ4v) is 3.08. The summed E-state index contributed by atoms with van der Waals surface area (Å²) >= 11 is 6.27. The van der Waals surface area contributed by atoms with Gasteiger partial charge in [-0.15, -0.1) is 0 Å². The molecule has 0 fully saturated rings. The van der Waals surface area contributed by atoms with E-state index in [4.69, 9.17) is 16.3 Å². The molecule has 166 valence electrons. The zero-order valence-corrected chi connectivity index (χ0v) is 18.2. The van der Waals surface area contributed by atoms with Gasteiger partial charge in [0.25, 0.3) is 5.91 Å². The number of carbonyl (C=O) groups excluding carboxylic acids is 2. The number of nitrogens with zero attached hydrogens (tertiary/aromatic N) is 1. The molecular weight excluding hydrogens is 447 g/mol. The Balaban J connectivity index is 1.68. The molecule has 0 saturated heterocycles.